The number of morpholine rings is 1. The molecule has 3 aromatic rings. The van der Waals surface area contributed by atoms with Crippen molar-refractivity contribution < 1.29 is 22.7 Å². The van der Waals surface area contributed by atoms with Crippen LogP contribution >= 0.6 is 0 Å². The highest BCUT2D eigenvalue weighted by molar-refractivity contribution is 7.90. The van der Waals surface area contributed by atoms with Crippen LogP contribution in [0.5, 0.6) is 5.75 Å². The second-order valence-electron chi connectivity index (χ2n) is 11.7. The number of ether oxygens (including phenoxy) is 2. The van der Waals surface area contributed by atoms with Crippen LogP contribution in [0.2, 0.25) is 0 Å². The first-order valence-electron chi connectivity index (χ1n) is 15.1. The lowest BCUT2D eigenvalue weighted by Gasteiger charge is -2.26. The third kappa shape index (κ3) is 6.88. The molecule has 1 saturated carbocycles. The molecule has 0 spiro atoms. The second-order valence-corrected chi connectivity index (χ2v) is 13.7. The van der Waals surface area contributed by atoms with Crippen LogP contribution in [0.15, 0.2) is 47.4 Å². The average Bonchev–Trinajstić information content (AvgIpc) is 3.72. The molecule has 43 heavy (non-hydrogen) atoms. The zero-order chi connectivity index (χ0) is 30.0. The third-order valence-corrected chi connectivity index (χ3v) is 10.2. The molecule has 2 aromatic carbocycles. The van der Waals surface area contributed by atoms with Crippen LogP contribution in [0.3, 0.4) is 0 Å². The summed E-state index contributed by atoms with van der Waals surface area (Å²) in [5.41, 5.74) is 6.45. The van der Waals surface area contributed by atoms with E-state index in [1.165, 1.54) is 18.4 Å². The molecular weight excluding hydrogens is 564 g/mol. The highest BCUT2D eigenvalue weighted by Gasteiger charge is 2.28. The van der Waals surface area contributed by atoms with Gasteiger partial charge in [-0.2, -0.15) is 0 Å². The molecule has 0 radical (unpaired) electrons. The maximum absolute atomic E-state index is 13.7. The monoisotopic (exact) mass is 604 g/mol. The number of fused-ring (bicyclic) bond motifs is 1. The van der Waals surface area contributed by atoms with E-state index in [4.69, 9.17) is 9.47 Å². The molecular formula is C33H40N4O5S. The number of benzene rings is 2. The van der Waals surface area contributed by atoms with E-state index in [2.05, 4.69) is 27.4 Å². The molecule has 3 heterocycles. The quantitative estimate of drug-likeness (QED) is 0.264. The molecule has 0 unspecified atom stereocenters. The predicted molar refractivity (Wildman–Crippen MR) is 168 cm³/mol. The van der Waals surface area contributed by atoms with Crippen molar-refractivity contribution in [1.29, 1.82) is 0 Å². The van der Waals surface area contributed by atoms with Gasteiger partial charge < -0.3 is 25.1 Å². The summed E-state index contributed by atoms with van der Waals surface area (Å²) >= 11 is 0. The zero-order valence-electron chi connectivity index (χ0n) is 24.9. The third-order valence-electron chi connectivity index (χ3n) is 8.57. The SMILES string of the molecule is Cc1[nH]c(/C=C2\C(=O)Nc3ccc(S(=O)(=O)Cc4ccccc4OCCN4CCOCC4)cc32)c(C)c1CNCC1CC1. The Morgan fingerprint density at radius 2 is 1.91 bits per heavy atom. The summed E-state index contributed by atoms with van der Waals surface area (Å²) in [5.74, 6) is 0.916. The van der Waals surface area contributed by atoms with Gasteiger partial charge in [0, 0.05) is 54.4 Å². The lowest BCUT2D eigenvalue weighted by molar-refractivity contribution is -0.110. The molecule has 10 heteroatoms. The van der Waals surface area contributed by atoms with Gasteiger partial charge in [-0.25, -0.2) is 8.42 Å². The first-order valence-corrected chi connectivity index (χ1v) is 16.7. The van der Waals surface area contributed by atoms with Gasteiger partial charge in [0.25, 0.3) is 5.91 Å². The minimum atomic E-state index is -3.73. The van der Waals surface area contributed by atoms with Crippen molar-refractivity contribution in [1.82, 2.24) is 15.2 Å². The number of rotatable bonds is 12. The van der Waals surface area contributed by atoms with Gasteiger partial charge in [0.15, 0.2) is 9.84 Å². The van der Waals surface area contributed by atoms with Crippen molar-refractivity contribution in [3.63, 3.8) is 0 Å². The number of para-hydroxylation sites is 1. The number of hydrogen-bond acceptors (Lipinski definition) is 7. The molecule has 0 atom stereocenters. The maximum Gasteiger partial charge on any atom is 0.256 e. The predicted octanol–water partition coefficient (Wildman–Crippen LogP) is 4.31. The molecule has 0 bridgehead atoms. The Bertz CT molecular complexity index is 1630. The van der Waals surface area contributed by atoms with Gasteiger partial charge in [-0.05, 0) is 80.6 Å². The van der Waals surface area contributed by atoms with Gasteiger partial charge in [-0.1, -0.05) is 18.2 Å². The van der Waals surface area contributed by atoms with E-state index in [1.54, 1.807) is 24.3 Å². The summed E-state index contributed by atoms with van der Waals surface area (Å²) in [6.07, 6.45) is 4.44. The Labute approximate surface area is 253 Å². The van der Waals surface area contributed by atoms with E-state index in [1.807, 2.05) is 31.2 Å². The van der Waals surface area contributed by atoms with Gasteiger partial charge >= 0.3 is 0 Å². The first kappa shape index (κ1) is 29.6. The van der Waals surface area contributed by atoms with E-state index in [-0.39, 0.29) is 16.6 Å². The van der Waals surface area contributed by atoms with Crippen molar-refractivity contribution >= 4 is 33.1 Å². The first-order chi connectivity index (χ1) is 20.8. The Morgan fingerprint density at radius 3 is 2.70 bits per heavy atom. The molecule has 1 amide bonds. The molecule has 1 aliphatic carbocycles. The van der Waals surface area contributed by atoms with Crippen LogP contribution in [-0.4, -0.2) is 70.2 Å². The highest BCUT2D eigenvalue weighted by atomic mass is 32.2. The fraction of sp³-hybridized carbons (Fsp3) is 0.424. The Kier molecular flexibility index (Phi) is 8.72. The van der Waals surface area contributed by atoms with Crippen molar-refractivity contribution in [2.75, 3.05) is 51.3 Å². The number of carbonyl (C=O) groups is 1. The number of H-pyrrole nitrogens is 1. The second kappa shape index (κ2) is 12.7. The largest absolute Gasteiger partial charge is 0.492 e. The van der Waals surface area contributed by atoms with E-state index in [0.717, 1.165) is 68.8 Å². The number of carbonyl (C=O) groups excluding carboxylic acids is 1. The number of anilines is 1. The summed E-state index contributed by atoms with van der Waals surface area (Å²) in [4.78, 5) is 18.9. The smallest absolute Gasteiger partial charge is 0.256 e. The minimum Gasteiger partial charge on any atom is -0.492 e. The number of nitrogens with one attached hydrogen (secondary N) is 3. The zero-order valence-corrected chi connectivity index (χ0v) is 25.7. The Morgan fingerprint density at radius 1 is 1.12 bits per heavy atom. The molecule has 2 fully saturated rings. The average molecular weight is 605 g/mol. The van der Waals surface area contributed by atoms with Crippen LogP contribution < -0.4 is 15.4 Å². The van der Waals surface area contributed by atoms with Crippen molar-refractivity contribution in [3.8, 4) is 5.75 Å². The number of nitrogens with zero attached hydrogens (tertiary/aromatic N) is 1. The van der Waals surface area contributed by atoms with Crippen LogP contribution in [-0.2, 0) is 31.7 Å². The topological polar surface area (TPSA) is 113 Å². The van der Waals surface area contributed by atoms with Gasteiger partial charge in [-0.3, -0.25) is 9.69 Å². The molecule has 1 aromatic heterocycles. The van der Waals surface area contributed by atoms with E-state index >= 15 is 0 Å². The minimum absolute atomic E-state index is 0.168. The normalized spacial score (nSPS) is 18.2. The lowest BCUT2D eigenvalue weighted by Crippen LogP contribution is -2.38. The molecule has 3 N–H and O–H groups in total. The van der Waals surface area contributed by atoms with E-state index in [9.17, 15) is 13.2 Å². The number of aromatic nitrogens is 1. The van der Waals surface area contributed by atoms with Gasteiger partial charge in [0.05, 0.1) is 29.4 Å². The van der Waals surface area contributed by atoms with Gasteiger partial charge in [0.2, 0.25) is 0 Å². The van der Waals surface area contributed by atoms with E-state index < -0.39 is 9.84 Å². The maximum atomic E-state index is 13.7. The molecule has 3 aliphatic rings. The van der Waals surface area contributed by atoms with Crippen LogP contribution in [0.4, 0.5) is 5.69 Å². The fourth-order valence-corrected chi connectivity index (χ4v) is 7.14. The van der Waals surface area contributed by atoms with Gasteiger partial charge in [-0.15, -0.1) is 0 Å². The Hall–Kier alpha value is -3.44. The fourth-order valence-electron chi connectivity index (χ4n) is 5.76. The summed E-state index contributed by atoms with van der Waals surface area (Å²) in [7, 11) is -3.73. The number of aryl methyl sites for hydroxylation is 1. The van der Waals surface area contributed by atoms with Crippen molar-refractivity contribution in [2.24, 2.45) is 5.92 Å². The van der Waals surface area contributed by atoms with Crippen LogP contribution in [0, 0.1) is 19.8 Å². The Balaban J connectivity index is 1.19. The van der Waals surface area contributed by atoms with Crippen molar-refractivity contribution in [2.45, 2.75) is 43.9 Å². The van der Waals surface area contributed by atoms with Crippen LogP contribution in [0.1, 0.15) is 46.5 Å². The van der Waals surface area contributed by atoms with Crippen molar-refractivity contribution in [3.05, 3.63) is 76.1 Å². The molecule has 9 nitrogen and oxygen atoms in total. The van der Waals surface area contributed by atoms with Crippen LogP contribution in [0.25, 0.3) is 11.6 Å². The van der Waals surface area contributed by atoms with Gasteiger partial charge in [0.1, 0.15) is 12.4 Å². The number of amides is 1. The summed E-state index contributed by atoms with van der Waals surface area (Å²) in [6.45, 7) is 10.3. The molecule has 1 saturated heterocycles. The number of hydrogen-bond donors (Lipinski definition) is 3. The summed E-state index contributed by atoms with van der Waals surface area (Å²) in [5, 5.41) is 6.44. The van der Waals surface area contributed by atoms with E-state index in [0.29, 0.717) is 34.7 Å². The number of sulfone groups is 1. The molecule has 228 valence electrons. The molecule has 6 rings (SSSR count). The standard InChI is InChI=1S/C33H40N4O5S/c1-22-29(20-34-19-24-7-8-24)23(2)35-31(22)18-28-27-17-26(9-10-30(27)36-33(28)38)43(39,40)21-25-5-3-4-6-32(25)42-16-13-37-11-14-41-15-12-37/h3-6,9-10,17-18,24,34-35H,7-8,11-16,19-21H2,1-2H3,(H,36,38)/b28-18-. The highest BCUT2D eigenvalue weighted by Crippen LogP contribution is 2.36. The number of aromatic amines is 1. The summed E-state index contributed by atoms with van der Waals surface area (Å²) < 4.78 is 38.8. The lowest BCUT2D eigenvalue weighted by atomic mass is 10.0. The molecule has 2 aliphatic heterocycles. The summed E-state index contributed by atoms with van der Waals surface area (Å²) in [6, 6.07) is 12.1.